The van der Waals surface area contributed by atoms with Crippen LogP contribution in [0.2, 0.25) is 0 Å². The highest BCUT2D eigenvalue weighted by atomic mass is 32.1. The van der Waals surface area contributed by atoms with Gasteiger partial charge in [-0.1, -0.05) is 11.3 Å². The molecule has 0 amide bonds. The maximum atomic E-state index is 11.9. The molecule has 2 aliphatic heterocycles. The van der Waals surface area contributed by atoms with Crippen molar-refractivity contribution >= 4 is 21.4 Å². The monoisotopic (exact) mass is 291 g/mol. The Morgan fingerprint density at radius 3 is 3.15 bits per heavy atom. The molecule has 2 aliphatic rings. The van der Waals surface area contributed by atoms with Crippen LogP contribution in [0.4, 0.5) is 5.13 Å². The molecule has 106 valence electrons. The van der Waals surface area contributed by atoms with E-state index in [1.54, 1.807) is 0 Å². The average Bonchev–Trinajstić information content (AvgIpc) is 3.03. The van der Waals surface area contributed by atoms with Crippen LogP contribution < -0.4 is 10.5 Å². The summed E-state index contributed by atoms with van der Waals surface area (Å²) in [5.41, 5.74) is 0.667. The van der Waals surface area contributed by atoms with Crippen LogP contribution in [0.15, 0.2) is 10.9 Å². The predicted molar refractivity (Wildman–Crippen MR) is 78.7 cm³/mol. The van der Waals surface area contributed by atoms with Gasteiger partial charge in [-0.3, -0.25) is 9.69 Å². The van der Waals surface area contributed by atoms with E-state index in [1.165, 1.54) is 41.3 Å². The van der Waals surface area contributed by atoms with Crippen molar-refractivity contribution in [3.05, 3.63) is 22.1 Å². The van der Waals surface area contributed by atoms with Crippen molar-refractivity contribution < 1.29 is 0 Å². The van der Waals surface area contributed by atoms with Crippen molar-refractivity contribution in [2.75, 3.05) is 31.1 Å². The van der Waals surface area contributed by atoms with Gasteiger partial charge < -0.3 is 4.90 Å². The Kier molecular flexibility index (Phi) is 2.78. The minimum Gasteiger partial charge on any atom is -0.344 e. The van der Waals surface area contributed by atoms with Crippen molar-refractivity contribution in [1.29, 1.82) is 0 Å². The van der Waals surface area contributed by atoms with Gasteiger partial charge in [-0.2, -0.15) is 4.52 Å². The van der Waals surface area contributed by atoms with E-state index in [9.17, 15) is 4.79 Å². The summed E-state index contributed by atoms with van der Waals surface area (Å²) in [6.45, 7) is 6.19. The van der Waals surface area contributed by atoms with E-state index in [1.807, 2.05) is 6.92 Å². The lowest BCUT2D eigenvalue weighted by molar-refractivity contribution is 0.230. The molecule has 0 radical (unpaired) electrons. The number of anilines is 1. The molecular weight excluding hydrogens is 274 g/mol. The molecule has 0 spiro atoms. The third kappa shape index (κ3) is 1.92. The van der Waals surface area contributed by atoms with Gasteiger partial charge in [-0.05, 0) is 26.3 Å². The summed E-state index contributed by atoms with van der Waals surface area (Å²) in [5.74, 6) is 0. The quantitative estimate of drug-likeness (QED) is 0.776. The Bertz CT molecular complexity index is 708. The van der Waals surface area contributed by atoms with Crippen molar-refractivity contribution in [2.45, 2.75) is 25.8 Å². The summed E-state index contributed by atoms with van der Waals surface area (Å²) in [4.78, 5) is 21.9. The summed E-state index contributed by atoms with van der Waals surface area (Å²) >= 11 is 1.51. The molecule has 4 heterocycles. The second-order valence-electron chi connectivity index (χ2n) is 5.59. The number of aryl methyl sites for hydroxylation is 1. The standard InChI is InChI=1S/C13H17N5OS/c1-9-7-11(19)18-12(14-9)20-13(15-18)17-6-5-16-4-2-3-10(16)8-17/h7,10H,2-6,8H2,1H3. The molecule has 1 atom stereocenters. The molecule has 4 rings (SSSR count). The molecule has 0 N–H and O–H groups in total. The molecule has 0 bridgehead atoms. The number of piperazine rings is 1. The van der Waals surface area contributed by atoms with Gasteiger partial charge in [-0.15, -0.1) is 5.10 Å². The zero-order valence-electron chi connectivity index (χ0n) is 11.4. The average molecular weight is 291 g/mol. The van der Waals surface area contributed by atoms with E-state index in [0.29, 0.717) is 11.0 Å². The summed E-state index contributed by atoms with van der Waals surface area (Å²) in [7, 11) is 0. The van der Waals surface area contributed by atoms with E-state index < -0.39 is 0 Å². The normalized spacial score (nSPS) is 23.4. The van der Waals surface area contributed by atoms with E-state index in [2.05, 4.69) is 19.9 Å². The zero-order valence-corrected chi connectivity index (χ0v) is 12.3. The molecule has 0 aromatic carbocycles. The fraction of sp³-hybridized carbons (Fsp3) is 0.615. The molecule has 2 aromatic rings. The van der Waals surface area contributed by atoms with Gasteiger partial charge >= 0.3 is 0 Å². The SMILES string of the molecule is Cc1cc(=O)n2nc(N3CCN4CCCC4C3)sc2n1. The van der Waals surface area contributed by atoms with E-state index in [-0.39, 0.29) is 5.56 Å². The smallest absolute Gasteiger partial charge is 0.275 e. The number of hydrogen-bond donors (Lipinski definition) is 0. The maximum absolute atomic E-state index is 11.9. The fourth-order valence-corrected chi connectivity index (χ4v) is 4.19. The van der Waals surface area contributed by atoms with Crippen LogP contribution in [0.25, 0.3) is 4.96 Å². The molecule has 0 aliphatic carbocycles. The number of hydrogen-bond acceptors (Lipinski definition) is 6. The van der Waals surface area contributed by atoms with E-state index >= 15 is 0 Å². The molecule has 1 unspecified atom stereocenters. The number of rotatable bonds is 1. The molecule has 2 saturated heterocycles. The van der Waals surface area contributed by atoms with Crippen LogP contribution in [0.3, 0.4) is 0 Å². The number of aromatic nitrogens is 3. The number of fused-ring (bicyclic) bond motifs is 2. The first-order chi connectivity index (χ1) is 9.70. The van der Waals surface area contributed by atoms with Crippen molar-refractivity contribution in [1.82, 2.24) is 19.5 Å². The molecule has 0 saturated carbocycles. The molecule has 7 heteroatoms. The van der Waals surface area contributed by atoms with E-state index in [0.717, 1.165) is 30.5 Å². The lowest BCUT2D eigenvalue weighted by Crippen LogP contribution is -2.50. The molecule has 2 aromatic heterocycles. The molecule has 20 heavy (non-hydrogen) atoms. The van der Waals surface area contributed by atoms with Crippen LogP contribution in [0.1, 0.15) is 18.5 Å². The Balaban J connectivity index is 1.68. The van der Waals surface area contributed by atoms with Crippen LogP contribution in [0.5, 0.6) is 0 Å². The Labute approximate surface area is 120 Å². The summed E-state index contributed by atoms with van der Waals surface area (Å²) in [6.07, 6.45) is 2.58. The largest absolute Gasteiger partial charge is 0.344 e. The zero-order chi connectivity index (χ0) is 13.7. The summed E-state index contributed by atoms with van der Waals surface area (Å²) in [5, 5.41) is 5.38. The van der Waals surface area contributed by atoms with Crippen LogP contribution in [-0.4, -0.2) is 51.7 Å². The maximum Gasteiger partial charge on any atom is 0.275 e. The van der Waals surface area contributed by atoms with Crippen molar-refractivity contribution in [2.24, 2.45) is 0 Å². The Hall–Kier alpha value is -1.47. The van der Waals surface area contributed by atoms with Crippen molar-refractivity contribution in [3.8, 4) is 0 Å². The lowest BCUT2D eigenvalue weighted by atomic mass is 10.2. The Morgan fingerprint density at radius 2 is 2.25 bits per heavy atom. The highest BCUT2D eigenvalue weighted by molar-refractivity contribution is 7.20. The first-order valence-corrected chi connectivity index (χ1v) is 7.89. The van der Waals surface area contributed by atoms with Crippen LogP contribution >= 0.6 is 11.3 Å². The lowest BCUT2D eigenvalue weighted by Gasteiger charge is -2.37. The van der Waals surface area contributed by atoms with Gasteiger partial charge in [0.05, 0.1) is 0 Å². The second-order valence-corrected chi connectivity index (χ2v) is 6.53. The van der Waals surface area contributed by atoms with Gasteiger partial charge in [0, 0.05) is 37.4 Å². The minimum absolute atomic E-state index is 0.0884. The Morgan fingerprint density at radius 1 is 1.35 bits per heavy atom. The third-order valence-corrected chi connectivity index (χ3v) is 5.19. The predicted octanol–water partition coefficient (Wildman–Crippen LogP) is 0.744. The van der Waals surface area contributed by atoms with Crippen LogP contribution in [-0.2, 0) is 0 Å². The van der Waals surface area contributed by atoms with Gasteiger partial charge in [0.2, 0.25) is 10.1 Å². The first-order valence-electron chi connectivity index (χ1n) is 7.07. The summed E-state index contributed by atoms with van der Waals surface area (Å²) < 4.78 is 1.42. The van der Waals surface area contributed by atoms with Crippen LogP contribution in [0, 0.1) is 6.92 Å². The van der Waals surface area contributed by atoms with Gasteiger partial charge in [0.25, 0.3) is 5.56 Å². The highest BCUT2D eigenvalue weighted by Gasteiger charge is 2.31. The molecule has 6 nitrogen and oxygen atoms in total. The molecular formula is C13H17N5OS. The second kappa shape index (κ2) is 4.53. The van der Waals surface area contributed by atoms with Gasteiger partial charge in [-0.25, -0.2) is 4.98 Å². The van der Waals surface area contributed by atoms with E-state index in [4.69, 9.17) is 0 Å². The minimum atomic E-state index is -0.0884. The third-order valence-electron chi connectivity index (χ3n) is 4.22. The fourth-order valence-electron chi connectivity index (χ4n) is 3.20. The summed E-state index contributed by atoms with van der Waals surface area (Å²) in [6, 6.07) is 2.19. The van der Waals surface area contributed by atoms with Crippen molar-refractivity contribution in [3.63, 3.8) is 0 Å². The van der Waals surface area contributed by atoms with Gasteiger partial charge in [0.1, 0.15) is 0 Å². The highest BCUT2D eigenvalue weighted by Crippen LogP contribution is 2.27. The number of nitrogens with zero attached hydrogens (tertiary/aromatic N) is 5. The molecule has 2 fully saturated rings. The first kappa shape index (κ1) is 12.3. The van der Waals surface area contributed by atoms with Gasteiger partial charge in [0.15, 0.2) is 0 Å². The topological polar surface area (TPSA) is 53.7 Å².